The van der Waals surface area contributed by atoms with Crippen molar-refractivity contribution >= 4 is 11.9 Å². The molecule has 0 atom stereocenters. The maximum Gasteiger partial charge on any atom is 0.332 e. The first kappa shape index (κ1) is 20.2. The third kappa shape index (κ3) is 10.8. The van der Waals surface area contributed by atoms with Crippen molar-refractivity contribution in [2.24, 2.45) is 5.92 Å². The fraction of sp³-hybridized carbons (Fsp3) is 0.579. The molecule has 24 heavy (non-hydrogen) atoms. The fourth-order valence-corrected chi connectivity index (χ4v) is 2.09. The van der Waals surface area contributed by atoms with Crippen molar-refractivity contribution in [3.8, 4) is 0 Å². The van der Waals surface area contributed by atoms with E-state index < -0.39 is 11.9 Å². The molecular formula is C19H28O5. The Hall–Kier alpha value is -1.88. The number of hydrogen-bond donors (Lipinski definition) is 0. The second-order valence-electron chi connectivity index (χ2n) is 6.06. The maximum absolute atomic E-state index is 11.5. The van der Waals surface area contributed by atoms with Crippen molar-refractivity contribution in [1.82, 2.24) is 0 Å². The minimum atomic E-state index is -0.462. The first-order chi connectivity index (χ1) is 11.6. The van der Waals surface area contributed by atoms with E-state index in [4.69, 9.17) is 14.2 Å². The molecule has 0 aliphatic rings. The van der Waals surface area contributed by atoms with Gasteiger partial charge in [-0.15, -0.1) is 0 Å². The number of esters is 2. The van der Waals surface area contributed by atoms with Crippen LogP contribution in [0.15, 0.2) is 30.3 Å². The maximum atomic E-state index is 11.5. The Bertz CT molecular complexity index is 470. The van der Waals surface area contributed by atoms with Crippen LogP contribution in [0.2, 0.25) is 0 Å². The van der Waals surface area contributed by atoms with Crippen LogP contribution in [-0.2, 0) is 30.2 Å². The molecule has 134 valence electrons. The quantitative estimate of drug-likeness (QED) is 0.433. The summed E-state index contributed by atoms with van der Waals surface area (Å²) in [4.78, 5) is 22.9. The predicted octanol–water partition coefficient (Wildman–Crippen LogP) is 3.16. The lowest BCUT2D eigenvalue weighted by atomic mass is 10.1. The van der Waals surface area contributed by atoms with Gasteiger partial charge in [-0.25, -0.2) is 9.59 Å². The van der Waals surface area contributed by atoms with E-state index in [0.717, 1.165) is 25.7 Å². The Morgan fingerprint density at radius 3 is 2.08 bits per heavy atom. The highest BCUT2D eigenvalue weighted by atomic mass is 16.6. The van der Waals surface area contributed by atoms with E-state index in [9.17, 15) is 9.59 Å². The topological polar surface area (TPSA) is 61.8 Å². The van der Waals surface area contributed by atoms with Gasteiger partial charge in [0.1, 0.15) is 13.2 Å². The summed E-state index contributed by atoms with van der Waals surface area (Å²) in [6.45, 7) is 4.53. The number of rotatable bonds is 12. The van der Waals surface area contributed by atoms with Crippen LogP contribution in [-0.4, -0.2) is 38.4 Å². The van der Waals surface area contributed by atoms with Crippen molar-refractivity contribution in [2.75, 3.05) is 26.4 Å². The van der Waals surface area contributed by atoms with Crippen molar-refractivity contribution in [3.63, 3.8) is 0 Å². The van der Waals surface area contributed by atoms with Gasteiger partial charge in [-0.3, -0.25) is 0 Å². The summed E-state index contributed by atoms with van der Waals surface area (Å²) >= 11 is 0. The van der Waals surface area contributed by atoms with E-state index >= 15 is 0 Å². The molecule has 5 nitrogen and oxygen atoms in total. The van der Waals surface area contributed by atoms with Crippen LogP contribution in [0.1, 0.15) is 38.7 Å². The van der Waals surface area contributed by atoms with Gasteiger partial charge in [0.05, 0.1) is 13.2 Å². The molecule has 1 aromatic rings. The Labute approximate surface area is 144 Å². The van der Waals surface area contributed by atoms with Gasteiger partial charge in [0.25, 0.3) is 0 Å². The van der Waals surface area contributed by atoms with Crippen LogP contribution < -0.4 is 0 Å². The lowest BCUT2D eigenvalue weighted by Crippen LogP contribution is -2.19. The van der Waals surface area contributed by atoms with Gasteiger partial charge in [0.2, 0.25) is 0 Å². The molecule has 0 fully saturated rings. The van der Waals surface area contributed by atoms with Crippen molar-refractivity contribution in [1.29, 1.82) is 0 Å². The molecule has 0 amide bonds. The van der Waals surface area contributed by atoms with Gasteiger partial charge >= 0.3 is 11.9 Å². The zero-order valence-corrected chi connectivity index (χ0v) is 14.7. The summed E-state index contributed by atoms with van der Waals surface area (Å²) in [7, 11) is 0. The Balaban J connectivity index is 1.96. The number of aryl methyl sites for hydroxylation is 1. The van der Waals surface area contributed by atoms with Gasteiger partial charge in [0.15, 0.2) is 0 Å². The van der Waals surface area contributed by atoms with Crippen LogP contribution in [0.3, 0.4) is 0 Å². The first-order valence-electron chi connectivity index (χ1n) is 8.51. The Morgan fingerprint density at radius 1 is 0.917 bits per heavy atom. The van der Waals surface area contributed by atoms with Crippen LogP contribution in [0.5, 0.6) is 0 Å². The van der Waals surface area contributed by atoms with Gasteiger partial charge in [-0.05, 0) is 37.2 Å². The molecule has 0 unspecified atom stereocenters. The van der Waals surface area contributed by atoms with Crippen LogP contribution in [0, 0.1) is 5.92 Å². The number of hydrogen-bond acceptors (Lipinski definition) is 5. The van der Waals surface area contributed by atoms with E-state index in [1.54, 1.807) is 0 Å². The van der Waals surface area contributed by atoms with Crippen molar-refractivity contribution in [3.05, 3.63) is 35.9 Å². The summed E-state index contributed by atoms with van der Waals surface area (Å²) in [5.74, 6) is -0.317. The van der Waals surface area contributed by atoms with Crippen LogP contribution in [0.4, 0.5) is 0 Å². The lowest BCUT2D eigenvalue weighted by Gasteiger charge is -2.07. The Morgan fingerprint density at radius 2 is 1.50 bits per heavy atom. The van der Waals surface area contributed by atoms with Crippen molar-refractivity contribution < 1.29 is 23.8 Å². The molecule has 0 N–H and O–H groups in total. The van der Waals surface area contributed by atoms with E-state index in [0.29, 0.717) is 19.1 Å². The number of benzene rings is 1. The SMILES string of the molecule is CC(C)CCCOC(=O)COCC(=O)OCCCc1ccccc1. The molecule has 1 rings (SSSR count). The standard InChI is InChI=1S/C19H28O5/c1-16(2)8-6-12-23-18(20)14-22-15-19(21)24-13-7-11-17-9-4-3-5-10-17/h3-5,9-10,16H,6-8,11-15H2,1-2H3. The smallest absolute Gasteiger partial charge is 0.332 e. The fourth-order valence-electron chi connectivity index (χ4n) is 2.09. The molecule has 0 radical (unpaired) electrons. The molecule has 0 heterocycles. The summed E-state index contributed by atoms with van der Waals surface area (Å²) in [5, 5.41) is 0. The molecule has 0 saturated carbocycles. The molecule has 0 spiro atoms. The minimum absolute atomic E-state index is 0.221. The van der Waals surface area contributed by atoms with E-state index in [2.05, 4.69) is 13.8 Å². The monoisotopic (exact) mass is 336 g/mol. The van der Waals surface area contributed by atoms with Crippen molar-refractivity contribution in [2.45, 2.75) is 39.5 Å². The highest BCUT2D eigenvalue weighted by molar-refractivity contribution is 5.73. The zero-order valence-electron chi connectivity index (χ0n) is 14.7. The number of carbonyl (C=O) groups is 2. The van der Waals surface area contributed by atoms with Gasteiger partial charge in [0, 0.05) is 0 Å². The van der Waals surface area contributed by atoms with Gasteiger partial charge < -0.3 is 14.2 Å². The second-order valence-corrected chi connectivity index (χ2v) is 6.06. The molecule has 0 aliphatic carbocycles. The Kier molecular flexibility index (Phi) is 10.5. The second kappa shape index (κ2) is 12.5. The molecule has 0 bridgehead atoms. The number of ether oxygens (including phenoxy) is 3. The molecular weight excluding hydrogens is 308 g/mol. The van der Waals surface area contributed by atoms with Gasteiger partial charge in [-0.2, -0.15) is 0 Å². The normalized spacial score (nSPS) is 10.6. The highest BCUT2D eigenvalue weighted by Gasteiger charge is 2.07. The summed E-state index contributed by atoms with van der Waals surface area (Å²) in [6, 6.07) is 10.0. The largest absolute Gasteiger partial charge is 0.464 e. The third-order valence-corrected chi connectivity index (χ3v) is 3.34. The number of carbonyl (C=O) groups excluding carboxylic acids is 2. The molecule has 0 aliphatic heterocycles. The molecule has 0 aromatic heterocycles. The van der Waals surface area contributed by atoms with E-state index in [1.165, 1.54) is 5.56 Å². The molecule has 1 aromatic carbocycles. The molecule has 0 saturated heterocycles. The first-order valence-corrected chi connectivity index (χ1v) is 8.51. The van der Waals surface area contributed by atoms with E-state index in [1.807, 2.05) is 30.3 Å². The summed E-state index contributed by atoms with van der Waals surface area (Å²) < 4.78 is 15.1. The minimum Gasteiger partial charge on any atom is -0.464 e. The van der Waals surface area contributed by atoms with Crippen LogP contribution in [0.25, 0.3) is 0 Å². The van der Waals surface area contributed by atoms with Gasteiger partial charge in [-0.1, -0.05) is 44.2 Å². The van der Waals surface area contributed by atoms with Crippen LogP contribution >= 0.6 is 0 Å². The zero-order chi connectivity index (χ0) is 17.6. The lowest BCUT2D eigenvalue weighted by molar-refractivity contribution is -0.155. The highest BCUT2D eigenvalue weighted by Crippen LogP contribution is 2.03. The van der Waals surface area contributed by atoms with E-state index in [-0.39, 0.29) is 13.2 Å². The predicted molar refractivity (Wildman–Crippen MR) is 91.6 cm³/mol. The average molecular weight is 336 g/mol. The summed E-state index contributed by atoms with van der Waals surface area (Å²) in [5.41, 5.74) is 1.21. The molecule has 5 heteroatoms. The third-order valence-electron chi connectivity index (χ3n) is 3.34. The average Bonchev–Trinajstić information content (AvgIpc) is 2.56. The summed E-state index contributed by atoms with van der Waals surface area (Å²) in [6.07, 6.45) is 3.47.